The molecule has 1 aliphatic carbocycles. The summed E-state index contributed by atoms with van der Waals surface area (Å²) in [6, 6.07) is 17.6. The number of nitrogens with one attached hydrogen (secondary N) is 1. The van der Waals surface area contributed by atoms with Crippen molar-refractivity contribution < 1.29 is 0 Å². The molecule has 1 N–H and O–H groups in total. The average Bonchev–Trinajstić information content (AvgIpc) is 3.05. The van der Waals surface area contributed by atoms with Crippen LogP contribution < -0.4 is 5.32 Å². The summed E-state index contributed by atoms with van der Waals surface area (Å²) < 4.78 is 0. The van der Waals surface area contributed by atoms with Gasteiger partial charge in [0.15, 0.2) is 0 Å². The van der Waals surface area contributed by atoms with Crippen LogP contribution in [0.1, 0.15) is 17.5 Å². The lowest BCUT2D eigenvalue weighted by Gasteiger charge is -2.27. The monoisotopic (exact) mass is 304 g/mol. The summed E-state index contributed by atoms with van der Waals surface area (Å²) in [7, 11) is 0. The lowest BCUT2D eigenvalue weighted by Crippen LogP contribution is -2.43. The lowest BCUT2D eigenvalue weighted by molar-refractivity contribution is 0.246. The molecule has 0 bridgehead atoms. The molecule has 0 aromatic heterocycles. The van der Waals surface area contributed by atoms with Gasteiger partial charge in [-0.15, -0.1) is 0 Å². The van der Waals surface area contributed by atoms with Gasteiger partial charge < -0.3 is 10.2 Å². The van der Waals surface area contributed by atoms with Crippen LogP contribution in [0.2, 0.25) is 0 Å². The Labute approximate surface area is 138 Å². The van der Waals surface area contributed by atoms with E-state index in [9.17, 15) is 0 Å². The molecule has 0 spiro atoms. The van der Waals surface area contributed by atoms with Gasteiger partial charge in [-0.05, 0) is 40.7 Å². The number of piperazine rings is 1. The summed E-state index contributed by atoms with van der Waals surface area (Å²) in [4.78, 5) is 2.58. The van der Waals surface area contributed by atoms with E-state index in [1.807, 2.05) is 0 Å². The smallest absolute Gasteiger partial charge is 0.0108 e. The van der Waals surface area contributed by atoms with Gasteiger partial charge in [0.2, 0.25) is 0 Å². The van der Waals surface area contributed by atoms with Gasteiger partial charge in [-0.25, -0.2) is 0 Å². The van der Waals surface area contributed by atoms with E-state index in [0.29, 0.717) is 0 Å². The van der Waals surface area contributed by atoms with Crippen molar-refractivity contribution in [2.24, 2.45) is 0 Å². The van der Waals surface area contributed by atoms with E-state index >= 15 is 0 Å². The second-order valence-corrected chi connectivity index (χ2v) is 6.47. The standard InChI is InChI=1S/C21H24N2/c1-2-5-17(6-3-1)19-7-4-8-20-18(9-10-21(19)20)11-14-23-15-12-22-13-16-23/h1-9,22H,10-16H2. The highest BCUT2D eigenvalue weighted by Gasteiger charge is 2.18. The zero-order valence-electron chi connectivity index (χ0n) is 13.6. The van der Waals surface area contributed by atoms with E-state index in [1.54, 1.807) is 0 Å². The van der Waals surface area contributed by atoms with E-state index < -0.39 is 0 Å². The Morgan fingerprint density at radius 1 is 0.870 bits per heavy atom. The first-order valence-electron chi connectivity index (χ1n) is 8.71. The largest absolute Gasteiger partial charge is 0.314 e. The molecule has 2 nitrogen and oxygen atoms in total. The van der Waals surface area contributed by atoms with Crippen molar-refractivity contribution in [1.29, 1.82) is 0 Å². The van der Waals surface area contributed by atoms with Crippen molar-refractivity contribution in [3.8, 4) is 11.1 Å². The molecular formula is C21H24N2. The number of rotatable bonds is 4. The molecule has 0 saturated carbocycles. The minimum Gasteiger partial charge on any atom is -0.314 e. The summed E-state index contributed by atoms with van der Waals surface area (Å²) in [5, 5.41) is 3.43. The van der Waals surface area contributed by atoms with Crippen LogP contribution in [-0.2, 0) is 6.42 Å². The van der Waals surface area contributed by atoms with Gasteiger partial charge in [0.1, 0.15) is 0 Å². The van der Waals surface area contributed by atoms with Crippen LogP contribution in [0, 0.1) is 0 Å². The maximum absolute atomic E-state index is 3.43. The SMILES string of the molecule is C1=C(CCN2CCNCC2)c2cccc(-c3ccccc3)c2C1. The molecule has 2 aromatic rings. The molecule has 0 amide bonds. The maximum Gasteiger partial charge on any atom is 0.0108 e. The van der Waals surface area contributed by atoms with Gasteiger partial charge in [0, 0.05) is 32.7 Å². The predicted octanol–water partition coefficient (Wildman–Crippen LogP) is 3.59. The van der Waals surface area contributed by atoms with Crippen molar-refractivity contribution >= 4 is 5.57 Å². The molecule has 118 valence electrons. The first kappa shape index (κ1) is 14.7. The minimum atomic E-state index is 1.08. The van der Waals surface area contributed by atoms with Gasteiger partial charge in [-0.3, -0.25) is 0 Å². The highest BCUT2D eigenvalue weighted by molar-refractivity contribution is 5.81. The Balaban J connectivity index is 1.52. The quantitative estimate of drug-likeness (QED) is 0.928. The highest BCUT2D eigenvalue weighted by atomic mass is 15.2. The van der Waals surface area contributed by atoms with Crippen LogP contribution in [0.4, 0.5) is 0 Å². The maximum atomic E-state index is 3.43. The summed E-state index contributed by atoms with van der Waals surface area (Å²) in [5.41, 5.74) is 7.25. The molecular weight excluding hydrogens is 280 g/mol. The van der Waals surface area contributed by atoms with Crippen LogP contribution in [0.25, 0.3) is 16.7 Å². The molecule has 1 heterocycles. The number of benzene rings is 2. The van der Waals surface area contributed by atoms with Gasteiger partial charge in [-0.1, -0.05) is 54.6 Å². The molecule has 2 aliphatic rings. The molecule has 23 heavy (non-hydrogen) atoms. The minimum absolute atomic E-state index is 1.08. The first-order valence-corrected chi connectivity index (χ1v) is 8.71. The Hall–Kier alpha value is -1.90. The Bertz CT molecular complexity index is 697. The zero-order valence-corrected chi connectivity index (χ0v) is 13.6. The highest BCUT2D eigenvalue weighted by Crippen LogP contribution is 2.36. The van der Waals surface area contributed by atoms with Crippen LogP contribution in [0.5, 0.6) is 0 Å². The van der Waals surface area contributed by atoms with E-state index in [2.05, 4.69) is 64.8 Å². The molecule has 2 aromatic carbocycles. The Morgan fingerprint density at radius 2 is 1.65 bits per heavy atom. The van der Waals surface area contributed by atoms with Crippen LogP contribution in [0.15, 0.2) is 54.6 Å². The van der Waals surface area contributed by atoms with Crippen molar-refractivity contribution in [1.82, 2.24) is 10.2 Å². The van der Waals surface area contributed by atoms with Crippen LogP contribution >= 0.6 is 0 Å². The lowest BCUT2D eigenvalue weighted by atomic mass is 9.94. The van der Waals surface area contributed by atoms with Crippen molar-refractivity contribution in [3.63, 3.8) is 0 Å². The summed E-state index contributed by atoms with van der Waals surface area (Å²) >= 11 is 0. The van der Waals surface area contributed by atoms with E-state index in [-0.39, 0.29) is 0 Å². The Kier molecular flexibility index (Phi) is 4.27. The molecule has 0 unspecified atom stereocenters. The fourth-order valence-corrected chi connectivity index (χ4v) is 3.78. The summed E-state index contributed by atoms with van der Waals surface area (Å²) in [6.45, 7) is 5.82. The number of allylic oxidation sites excluding steroid dienone is 1. The van der Waals surface area contributed by atoms with E-state index in [0.717, 1.165) is 19.5 Å². The predicted molar refractivity (Wildman–Crippen MR) is 97.5 cm³/mol. The Morgan fingerprint density at radius 3 is 2.48 bits per heavy atom. The number of hydrogen-bond donors (Lipinski definition) is 1. The van der Waals surface area contributed by atoms with E-state index in [1.165, 1.54) is 53.9 Å². The fourth-order valence-electron chi connectivity index (χ4n) is 3.78. The third-order valence-electron chi connectivity index (χ3n) is 5.07. The van der Waals surface area contributed by atoms with Crippen LogP contribution in [-0.4, -0.2) is 37.6 Å². The average molecular weight is 304 g/mol. The third kappa shape index (κ3) is 3.10. The van der Waals surface area contributed by atoms with Crippen molar-refractivity contribution in [2.75, 3.05) is 32.7 Å². The van der Waals surface area contributed by atoms with Gasteiger partial charge in [-0.2, -0.15) is 0 Å². The van der Waals surface area contributed by atoms with E-state index in [4.69, 9.17) is 0 Å². The molecule has 1 aliphatic heterocycles. The number of fused-ring (bicyclic) bond motifs is 1. The molecule has 0 radical (unpaired) electrons. The second kappa shape index (κ2) is 6.69. The number of hydrogen-bond acceptors (Lipinski definition) is 2. The summed E-state index contributed by atoms with van der Waals surface area (Å²) in [5.74, 6) is 0. The van der Waals surface area contributed by atoms with Crippen LogP contribution in [0.3, 0.4) is 0 Å². The second-order valence-electron chi connectivity index (χ2n) is 6.47. The van der Waals surface area contributed by atoms with Gasteiger partial charge >= 0.3 is 0 Å². The topological polar surface area (TPSA) is 15.3 Å². The number of nitrogens with zero attached hydrogens (tertiary/aromatic N) is 1. The summed E-state index contributed by atoms with van der Waals surface area (Å²) in [6.07, 6.45) is 4.70. The zero-order chi connectivity index (χ0) is 15.5. The molecule has 0 atom stereocenters. The van der Waals surface area contributed by atoms with Crippen molar-refractivity contribution in [3.05, 3.63) is 65.7 Å². The fraction of sp³-hybridized carbons (Fsp3) is 0.333. The molecule has 1 saturated heterocycles. The first-order chi connectivity index (χ1) is 11.4. The van der Waals surface area contributed by atoms with Gasteiger partial charge in [0.05, 0.1) is 0 Å². The molecule has 4 rings (SSSR count). The van der Waals surface area contributed by atoms with Crippen molar-refractivity contribution in [2.45, 2.75) is 12.8 Å². The normalized spacial score (nSPS) is 17.8. The van der Waals surface area contributed by atoms with Gasteiger partial charge in [0.25, 0.3) is 0 Å². The third-order valence-corrected chi connectivity index (χ3v) is 5.07. The molecule has 1 fully saturated rings. The molecule has 2 heteroatoms.